The number of aromatic nitrogens is 2. The van der Waals surface area contributed by atoms with E-state index in [2.05, 4.69) is 49.5 Å². The highest BCUT2D eigenvalue weighted by atomic mass is 16.5. The second-order valence-electron chi connectivity index (χ2n) is 7.31. The molecule has 1 atom stereocenters. The number of aryl methyl sites for hydroxylation is 1. The highest BCUT2D eigenvalue weighted by Gasteiger charge is 2.23. The van der Waals surface area contributed by atoms with Gasteiger partial charge >= 0.3 is 0 Å². The number of amides is 1. The molecule has 0 bridgehead atoms. The number of likely N-dealkylation sites (tertiary alicyclic amines) is 1. The van der Waals surface area contributed by atoms with Crippen LogP contribution in [0.3, 0.4) is 0 Å². The first-order chi connectivity index (χ1) is 13.0. The lowest BCUT2D eigenvalue weighted by Crippen LogP contribution is -2.41. The Hall–Kier alpha value is -2.41. The predicted octanol–water partition coefficient (Wildman–Crippen LogP) is 2.33. The Kier molecular flexibility index (Phi) is 6.45. The molecule has 0 aliphatic carbocycles. The lowest BCUT2D eigenvalue weighted by molar-refractivity contribution is -0.120. The van der Waals surface area contributed by atoms with Gasteiger partial charge in [-0.3, -0.25) is 9.69 Å². The van der Waals surface area contributed by atoms with Crippen LogP contribution in [0.5, 0.6) is 0 Å². The Labute approximate surface area is 160 Å². The molecule has 27 heavy (non-hydrogen) atoms. The van der Waals surface area contributed by atoms with Gasteiger partial charge in [0.15, 0.2) is 5.82 Å². The van der Waals surface area contributed by atoms with Crippen molar-refractivity contribution in [1.29, 1.82) is 0 Å². The summed E-state index contributed by atoms with van der Waals surface area (Å²) < 4.78 is 4.93. The van der Waals surface area contributed by atoms with Gasteiger partial charge in [0, 0.05) is 33.3 Å². The number of hydrogen-bond donors (Lipinski definition) is 1. The van der Waals surface area contributed by atoms with Crippen molar-refractivity contribution < 1.29 is 9.32 Å². The van der Waals surface area contributed by atoms with Crippen LogP contribution in [0.1, 0.15) is 42.6 Å². The molecule has 1 amide bonds. The topological polar surface area (TPSA) is 74.5 Å². The lowest BCUT2D eigenvalue weighted by Gasteiger charge is -2.35. The monoisotopic (exact) mass is 371 g/mol. The Morgan fingerprint density at radius 3 is 2.52 bits per heavy atom. The molecule has 0 radical (unpaired) electrons. The maximum Gasteiger partial charge on any atom is 0.227 e. The summed E-state index contributed by atoms with van der Waals surface area (Å²) in [7, 11) is 4.08. The molecule has 3 rings (SSSR count). The number of nitrogens with zero attached hydrogens (tertiary/aromatic N) is 4. The van der Waals surface area contributed by atoms with E-state index in [0.717, 1.165) is 13.1 Å². The minimum absolute atomic E-state index is 0.0808. The van der Waals surface area contributed by atoms with Gasteiger partial charge in [-0.05, 0) is 43.6 Å². The molecule has 1 aliphatic rings. The number of piperidine rings is 1. The lowest BCUT2D eigenvalue weighted by atomic mass is 10.0. The molecule has 0 spiro atoms. The molecule has 1 aromatic heterocycles. The molecule has 7 nitrogen and oxygen atoms in total. The third-order valence-electron chi connectivity index (χ3n) is 5.01. The standard InChI is InChI=1S/C20H29N5O2/c1-15-22-19(23-27-15)13-20(26)21-14-18(25-11-5-4-6-12-25)16-7-9-17(10-8-16)24(2)3/h7-10,18H,4-6,11-14H2,1-3H3,(H,21,26). The van der Waals surface area contributed by atoms with Gasteiger partial charge in [-0.2, -0.15) is 4.98 Å². The van der Waals surface area contributed by atoms with Gasteiger partial charge < -0.3 is 14.7 Å². The van der Waals surface area contributed by atoms with Crippen LogP contribution >= 0.6 is 0 Å². The normalized spacial score (nSPS) is 16.1. The van der Waals surface area contributed by atoms with Crippen LogP contribution in [0, 0.1) is 6.92 Å². The molecule has 1 saturated heterocycles. The van der Waals surface area contributed by atoms with Crippen molar-refractivity contribution in [2.45, 2.75) is 38.6 Å². The van der Waals surface area contributed by atoms with Crippen LogP contribution in [-0.4, -0.2) is 54.7 Å². The van der Waals surface area contributed by atoms with Crippen molar-refractivity contribution >= 4 is 11.6 Å². The first-order valence-electron chi connectivity index (χ1n) is 9.60. The van der Waals surface area contributed by atoms with E-state index in [-0.39, 0.29) is 18.4 Å². The minimum Gasteiger partial charge on any atom is -0.378 e. The molecule has 2 aromatic rings. The number of hydrogen-bond acceptors (Lipinski definition) is 6. The molecule has 7 heteroatoms. The van der Waals surface area contributed by atoms with Crippen molar-refractivity contribution in [3.63, 3.8) is 0 Å². The van der Waals surface area contributed by atoms with Crippen LogP contribution in [0.4, 0.5) is 5.69 Å². The summed E-state index contributed by atoms with van der Waals surface area (Å²) in [6.45, 7) is 4.44. The van der Waals surface area contributed by atoms with E-state index in [0.29, 0.717) is 18.3 Å². The highest BCUT2D eigenvalue weighted by Crippen LogP contribution is 2.26. The maximum absolute atomic E-state index is 12.3. The largest absolute Gasteiger partial charge is 0.378 e. The number of rotatable bonds is 7. The van der Waals surface area contributed by atoms with Crippen LogP contribution in [0.25, 0.3) is 0 Å². The second-order valence-corrected chi connectivity index (χ2v) is 7.31. The van der Waals surface area contributed by atoms with E-state index >= 15 is 0 Å². The molecular weight excluding hydrogens is 342 g/mol. The zero-order valence-electron chi connectivity index (χ0n) is 16.4. The van der Waals surface area contributed by atoms with E-state index in [1.807, 2.05) is 14.1 Å². The predicted molar refractivity (Wildman–Crippen MR) is 105 cm³/mol. The molecular formula is C20H29N5O2. The zero-order chi connectivity index (χ0) is 19.2. The summed E-state index contributed by atoms with van der Waals surface area (Å²) in [5, 5.41) is 6.86. The van der Waals surface area contributed by atoms with Crippen LogP contribution in [0.2, 0.25) is 0 Å². The molecule has 1 aliphatic heterocycles. The van der Waals surface area contributed by atoms with Gasteiger partial charge in [0.05, 0.1) is 12.5 Å². The summed E-state index contributed by atoms with van der Waals surface area (Å²) in [5.41, 5.74) is 2.41. The Bertz CT molecular complexity index is 735. The van der Waals surface area contributed by atoms with Gasteiger partial charge in [-0.25, -0.2) is 0 Å². The quantitative estimate of drug-likeness (QED) is 0.805. The van der Waals surface area contributed by atoms with E-state index < -0.39 is 0 Å². The van der Waals surface area contributed by atoms with Crippen molar-refractivity contribution in [2.75, 3.05) is 38.6 Å². The van der Waals surface area contributed by atoms with Gasteiger partial charge in [-0.15, -0.1) is 0 Å². The van der Waals surface area contributed by atoms with Crippen molar-refractivity contribution in [1.82, 2.24) is 20.4 Å². The summed E-state index contributed by atoms with van der Waals surface area (Å²) in [6.07, 6.45) is 3.85. The van der Waals surface area contributed by atoms with Gasteiger partial charge in [0.1, 0.15) is 0 Å². The number of nitrogens with one attached hydrogen (secondary N) is 1. The van der Waals surface area contributed by atoms with Crippen molar-refractivity contribution in [3.8, 4) is 0 Å². The SMILES string of the molecule is Cc1nc(CC(=O)NCC(c2ccc(N(C)C)cc2)N2CCCCC2)no1. The zero-order valence-corrected chi connectivity index (χ0v) is 16.4. The molecule has 1 aromatic carbocycles. The smallest absolute Gasteiger partial charge is 0.227 e. The van der Waals surface area contributed by atoms with Gasteiger partial charge in [0.25, 0.3) is 0 Å². The molecule has 1 N–H and O–H groups in total. The maximum atomic E-state index is 12.3. The molecule has 1 fully saturated rings. The summed E-state index contributed by atoms with van der Waals surface area (Å²) in [5.74, 6) is 0.822. The van der Waals surface area contributed by atoms with Crippen LogP contribution in [0.15, 0.2) is 28.8 Å². The Morgan fingerprint density at radius 2 is 1.93 bits per heavy atom. The highest BCUT2D eigenvalue weighted by molar-refractivity contribution is 5.77. The van der Waals surface area contributed by atoms with E-state index in [4.69, 9.17) is 4.52 Å². The third-order valence-corrected chi connectivity index (χ3v) is 5.01. The number of anilines is 1. The molecule has 2 heterocycles. The van der Waals surface area contributed by atoms with Crippen LogP contribution < -0.4 is 10.2 Å². The molecule has 1 unspecified atom stereocenters. The van der Waals surface area contributed by atoms with E-state index in [1.54, 1.807) is 6.92 Å². The molecule has 0 saturated carbocycles. The van der Waals surface area contributed by atoms with Crippen LogP contribution in [-0.2, 0) is 11.2 Å². The number of carbonyl (C=O) groups excluding carboxylic acids is 1. The fraction of sp³-hybridized carbons (Fsp3) is 0.550. The fourth-order valence-electron chi connectivity index (χ4n) is 3.51. The average Bonchev–Trinajstić information content (AvgIpc) is 3.08. The first-order valence-corrected chi connectivity index (χ1v) is 9.60. The molecule has 146 valence electrons. The Morgan fingerprint density at radius 1 is 1.22 bits per heavy atom. The summed E-state index contributed by atoms with van der Waals surface area (Å²) in [6, 6.07) is 8.79. The average molecular weight is 371 g/mol. The summed E-state index contributed by atoms with van der Waals surface area (Å²) in [4.78, 5) is 21.0. The first kappa shape index (κ1) is 19.4. The van der Waals surface area contributed by atoms with Gasteiger partial charge in [0.2, 0.25) is 11.8 Å². The summed E-state index contributed by atoms with van der Waals surface area (Å²) >= 11 is 0. The van der Waals surface area contributed by atoms with Crippen molar-refractivity contribution in [3.05, 3.63) is 41.5 Å². The third kappa shape index (κ3) is 5.29. The Balaban J connectivity index is 1.66. The van der Waals surface area contributed by atoms with E-state index in [1.165, 1.54) is 30.5 Å². The minimum atomic E-state index is -0.0808. The number of benzene rings is 1. The van der Waals surface area contributed by atoms with Gasteiger partial charge in [-0.1, -0.05) is 23.7 Å². The van der Waals surface area contributed by atoms with E-state index in [9.17, 15) is 4.79 Å². The van der Waals surface area contributed by atoms with Crippen molar-refractivity contribution in [2.24, 2.45) is 0 Å². The number of carbonyl (C=O) groups is 1. The second kappa shape index (κ2) is 8.99. The fourth-order valence-corrected chi connectivity index (χ4v) is 3.51.